The number of hydrogen-bond acceptors (Lipinski definition) is 4. The van der Waals surface area contributed by atoms with E-state index in [0.717, 1.165) is 12.8 Å². The fourth-order valence-electron chi connectivity index (χ4n) is 3.06. The van der Waals surface area contributed by atoms with Gasteiger partial charge in [0.05, 0.1) is 17.7 Å². The summed E-state index contributed by atoms with van der Waals surface area (Å²) in [5.41, 5.74) is 0.170. The molecule has 0 bridgehead atoms. The number of aliphatic hydroxyl groups excluding tert-OH is 1. The van der Waals surface area contributed by atoms with Gasteiger partial charge in [0, 0.05) is 11.8 Å². The third-order valence-corrected chi connectivity index (χ3v) is 4.32. The Bertz CT molecular complexity index is 812. The highest BCUT2D eigenvalue weighted by molar-refractivity contribution is 5.97. The number of aldehydes is 1. The summed E-state index contributed by atoms with van der Waals surface area (Å²) < 4.78 is 1.29. The maximum atomic E-state index is 12.5. The van der Waals surface area contributed by atoms with Gasteiger partial charge in [-0.15, -0.1) is 0 Å². The number of carbonyl (C=O) groups is 2. The van der Waals surface area contributed by atoms with Gasteiger partial charge >= 0.3 is 0 Å². The Balaban J connectivity index is 1.99. The lowest BCUT2D eigenvalue weighted by Crippen LogP contribution is -2.46. The van der Waals surface area contributed by atoms with Crippen LogP contribution in [0.1, 0.15) is 46.4 Å². The van der Waals surface area contributed by atoms with Crippen LogP contribution >= 0.6 is 0 Å². The Morgan fingerprint density at radius 3 is 2.83 bits per heavy atom. The maximum absolute atomic E-state index is 12.5. The number of carbonyl (C=O) groups excluding carboxylic acids is 2. The van der Waals surface area contributed by atoms with Gasteiger partial charge in [0.1, 0.15) is 5.56 Å². The summed E-state index contributed by atoms with van der Waals surface area (Å²) in [6.45, 7) is 0. The van der Waals surface area contributed by atoms with E-state index >= 15 is 0 Å². The highest BCUT2D eigenvalue weighted by Gasteiger charge is 2.26. The van der Waals surface area contributed by atoms with Crippen LogP contribution in [-0.4, -0.2) is 33.8 Å². The van der Waals surface area contributed by atoms with Crippen LogP contribution in [0.3, 0.4) is 0 Å². The zero-order valence-corrected chi connectivity index (χ0v) is 12.6. The second-order valence-electron chi connectivity index (χ2n) is 5.82. The van der Waals surface area contributed by atoms with Crippen molar-refractivity contribution >= 4 is 17.7 Å². The molecule has 23 heavy (non-hydrogen) atoms. The van der Waals surface area contributed by atoms with Crippen molar-refractivity contribution in [1.29, 1.82) is 0 Å². The highest BCUT2D eigenvalue weighted by atomic mass is 16.3. The summed E-state index contributed by atoms with van der Waals surface area (Å²) >= 11 is 0. The molecule has 0 saturated heterocycles. The second kappa shape index (κ2) is 6.34. The van der Waals surface area contributed by atoms with Gasteiger partial charge in [0.25, 0.3) is 11.5 Å². The van der Waals surface area contributed by atoms with Gasteiger partial charge in [-0.1, -0.05) is 18.9 Å². The smallest absolute Gasteiger partial charge is 0.267 e. The van der Waals surface area contributed by atoms with E-state index in [4.69, 9.17) is 0 Å². The number of amides is 1. The summed E-state index contributed by atoms with van der Waals surface area (Å²) in [7, 11) is 0. The molecular weight excluding hydrogens is 296 g/mol. The predicted molar refractivity (Wildman–Crippen MR) is 84.8 cm³/mol. The fourth-order valence-corrected chi connectivity index (χ4v) is 3.06. The van der Waals surface area contributed by atoms with Gasteiger partial charge in [-0.3, -0.25) is 18.8 Å². The van der Waals surface area contributed by atoms with Crippen molar-refractivity contribution in [3.8, 4) is 0 Å². The number of pyridine rings is 2. The molecule has 1 aliphatic rings. The van der Waals surface area contributed by atoms with Gasteiger partial charge in [-0.05, 0) is 31.0 Å². The number of fused-ring (bicyclic) bond motifs is 1. The molecule has 1 amide bonds. The van der Waals surface area contributed by atoms with Crippen molar-refractivity contribution in [1.82, 2.24) is 9.72 Å². The average Bonchev–Trinajstić information content (AvgIpc) is 2.57. The van der Waals surface area contributed by atoms with Crippen molar-refractivity contribution in [2.45, 2.75) is 37.8 Å². The van der Waals surface area contributed by atoms with Crippen LogP contribution in [0.25, 0.3) is 5.52 Å². The van der Waals surface area contributed by atoms with Crippen molar-refractivity contribution in [3.63, 3.8) is 0 Å². The summed E-state index contributed by atoms with van der Waals surface area (Å²) in [4.78, 5) is 36.2. The number of rotatable bonds is 3. The third kappa shape index (κ3) is 2.90. The molecule has 1 saturated carbocycles. The van der Waals surface area contributed by atoms with Gasteiger partial charge in [0.15, 0.2) is 6.29 Å². The van der Waals surface area contributed by atoms with Crippen LogP contribution in [-0.2, 0) is 0 Å². The highest BCUT2D eigenvalue weighted by Crippen LogP contribution is 2.18. The molecule has 3 rings (SSSR count). The molecule has 0 aromatic carbocycles. The van der Waals surface area contributed by atoms with Crippen molar-refractivity contribution in [2.75, 3.05) is 0 Å². The number of aromatic nitrogens is 1. The predicted octanol–water partition coefficient (Wildman–Crippen LogP) is 1.15. The second-order valence-corrected chi connectivity index (χ2v) is 5.82. The Kier molecular flexibility index (Phi) is 4.25. The quantitative estimate of drug-likeness (QED) is 0.832. The van der Waals surface area contributed by atoms with Crippen LogP contribution in [0.2, 0.25) is 0 Å². The standard InChI is InChI=1S/C17H18N2O4/c20-10-11-9-12(17(23)19-8-4-3-6-14(11)19)16(22)18-13-5-1-2-7-15(13)21/h3-4,6,8-10,13,15,21H,1-2,5,7H2,(H,18,22). The van der Waals surface area contributed by atoms with Gasteiger partial charge in [-0.2, -0.15) is 0 Å². The van der Waals surface area contributed by atoms with E-state index in [1.54, 1.807) is 18.2 Å². The van der Waals surface area contributed by atoms with E-state index in [1.165, 1.54) is 16.7 Å². The first-order valence-electron chi connectivity index (χ1n) is 7.70. The minimum atomic E-state index is -0.596. The minimum Gasteiger partial charge on any atom is -0.391 e. The van der Waals surface area contributed by atoms with E-state index < -0.39 is 17.6 Å². The molecule has 2 aromatic rings. The lowest BCUT2D eigenvalue weighted by molar-refractivity contribution is 0.0716. The number of aliphatic hydroxyl groups is 1. The van der Waals surface area contributed by atoms with Gasteiger partial charge in [-0.25, -0.2) is 0 Å². The number of nitrogens with one attached hydrogen (secondary N) is 1. The van der Waals surface area contributed by atoms with Crippen molar-refractivity contribution in [2.24, 2.45) is 0 Å². The summed E-state index contributed by atoms with van der Waals surface area (Å²) in [5.74, 6) is -0.553. The normalized spacial score (nSPS) is 21.1. The molecule has 0 aliphatic heterocycles. The minimum absolute atomic E-state index is 0.0893. The van der Waals surface area contributed by atoms with Crippen molar-refractivity contribution in [3.05, 3.63) is 51.9 Å². The van der Waals surface area contributed by atoms with Crippen LogP contribution in [0.5, 0.6) is 0 Å². The van der Waals surface area contributed by atoms with E-state index in [-0.39, 0.29) is 17.2 Å². The molecular formula is C17H18N2O4. The van der Waals surface area contributed by atoms with E-state index in [1.807, 2.05) is 0 Å². The molecule has 120 valence electrons. The first-order valence-corrected chi connectivity index (χ1v) is 7.70. The average molecular weight is 314 g/mol. The molecule has 6 heteroatoms. The van der Waals surface area contributed by atoms with E-state index in [0.29, 0.717) is 24.6 Å². The molecule has 0 spiro atoms. The zero-order chi connectivity index (χ0) is 16.4. The Labute approximate surface area is 132 Å². The van der Waals surface area contributed by atoms with Crippen LogP contribution in [0.4, 0.5) is 0 Å². The molecule has 0 radical (unpaired) electrons. The lowest BCUT2D eigenvalue weighted by atomic mass is 9.92. The molecule has 2 atom stereocenters. The molecule has 2 N–H and O–H groups in total. The zero-order valence-electron chi connectivity index (χ0n) is 12.6. The van der Waals surface area contributed by atoms with Crippen molar-refractivity contribution < 1.29 is 14.7 Å². The first kappa shape index (κ1) is 15.4. The van der Waals surface area contributed by atoms with E-state index in [2.05, 4.69) is 5.32 Å². The van der Waals surface area contributed by atoms with Crippen LogP contribution in [0, 0.1) is 0 Å². The summed E-state index contributed by atoms with van der Waals surface area (Å²) in [5, 5.41) is 12.7. The summed E-state index contributed by atoms with van der Waals surface area (Å²) in [6, 6.07) is 5.99. The van der Waals surface area contributed by atoms with E-state index in [9.17, 15) is 19.5 Å². The molecule has 2 aromatic heterocycles. The topological polar surface area (TPSA) is 87.9 Å². The number of hydrogen-bond donors (Lipinski definition) is 2. The molecule has 2 heterocycles. The van der Waals surface area contributed by atoms with Gasteiger partial charge in [0.2, 0.25) is 0 Å². The summed E-state index contributed by atoms with van der Waals surface area (Å²) in [6.07, 6.45) is 4.74. The first-order chi connectivity index (χ1) is 11.1. The Hall–Kier alpha value is -2.47. The van der Waals surface area contributed by atoms with Crippen LogP contribution < -0.4 is 10.9 Å². The van der Waals surface area contributed by atoms with Crippen LogP contribution in [0.15, 0.2) is 35.3 Å². The lowest BCUT2D eigenvalue weighted by Gasteiger charge is -2.28. The largest absolute Gasteiger partial charge is 0.391 e. The molecule has 2 unspecified atom stereocenters. The Morgan fingerprint density at radius 2 is 2.09 bits per heavy atom. The third-order valence-electron chi connectivity index (χ3n) is 4.32. The molecule has 1 fully saturated rings. The van der Waals surface area contributed by atoms with Gasteiger partial charge < -0.3 is 10.4 Å². The monoisotopic (exact) mass is 314 g/mol. The molecule has 1 aliphatic carbocycles. The Morgan fingerprint density at radius 1 is 1.30 bits per heavy atom. The SMILES string of the molecule is O=Cc1cc(C(=O)NC2CCCCC2O)c(=O)n2ccccc12. The number of nitrogens with zero attached hydrogens (tertiary/aromatic N) is 1. The fraction of sp³-hybridized carbons (Fsp3) is 0.353. The maximum Gasteiger partial charge on any atom is 0.267 e. The molecule has 6 nitrogen and oxygen atoms in total.